The smallest absolute Gasteiger partial charge is 0.325 e. The number of hydrogen-bond donors (Lipinski definition) is 1. The fourth-order valence-corrected chi connectivity index (χ4v) is 4.77. The topological polar surface area (TPSA) is 121 Å². The van der Waals surface area contributed by atoms with Crippen LogP contribution in [0.3, 0.4) is 0 Å². The minimum atomic E-state index is -3.87. The first-order valence-corrected chi connectivity index (χ1v) is 10.8. The van der Waals surface area contributed by atoms with E-state index in [1.54, 1.807) is 0 Å². The molecule has 0 fully saturated rings. The molecule has 0 saturated heterocycles. The number of ether oxygens (including phenoxy) is 1. The van der Waals surface area contributed by atoms with Gasteiger partial charge in [-0.3, -0.25) is 9.59 Å². The Bertz CT molecular complexity index is 1170. The van der Waals surface area contributed by atoms with Crippen LogP contribution in [0.4, 0.5) is 0 Å². The molecule has 0 aliphatic rings. The molecule has 11 heteroatoms. The molecule has 3 rings (SSSR count). The quantitative estimate of drug-likeness (QED) is 0.617. The first-order chi connectivity index (χ1) is 12.8. The first-order valence-electron chi connectivity index (χ1n) is 7.61. The molecule has 27 heavy (non-hydrogen) atoms. The summed E-state index contributed by atoms with van der Waals surface area (Å²) in [6.45, 7) is -0.156. The average Bonchev–Trinajstić information content (AvgIpc) is 3.22. The van der Waals surface area contributed by atoms with Gasteiger partial charge in [0.1, 0.15) is 6.54 Å². The van der Waals surface area contributed by atoms with Crippen molar-refractivity contribution in [3.05, 3.63) is 45.4 Å². The standard InChI is InChI=1S/C16H15N3O5S3/c1-24-15(21)9-19-12-5-4-11(27(17,22)23)8-13(12)26-16(19)18-14(20)7-10-3-2-6-25-10/h2-6,8H,7,9H2,1H3,(H2,17,22,23). The van der Waals surface area contributed by atoms with Crippen LogP contribution in [0.2, 0.25) is 0 Å². The number of methoxy groups -OCH3 is 1. The number of hydrogen-bond acceptors (Lipinski definition) is 7. The molecule has 2 N–H and O–H groups in total. The lowest BCUT2D eigenvalue weighted by atomic mass is 10.3. The Morgan fingerprint density at radius 3 is 2.70 bits per heavy atom. The summed E-state index contributed by atoms with van der Waals surface area (Å²) in [5.74, 6) is -0.883. The maximum Gasteiger partial charge on any atom is 0.325 e. The van der Waals surface area contributed by atoms with Gasteiger partial charge in [-0.15, -0.1) is 11.3 Å². The third kappa shape index (κ3) is 4.50. The molecule has 0 saturated carbocycles. The van der Waals surface area contributed by atoms with Gasteiger partial charge in [-0.05, 0) is 29.6 Å². The zero-order valence-electron chi connectivity index (χ0n) is 14.1. The molecule has 0 unspecified atom stereocenters. The summed E-state index contributed by atoms with van der Waals surface area (Å²) in [7, 11) is -2.61. The minimum Gasteiger partial charge on any atom is -0.468 e. The minimum absolute atomic E-state index is 0.0575. The summed E-state index contributed by atoms with van der Waals surface area (Å²) in [6, 6.07) is 7.95. The number of benzene rings is 1. The lowest BCUT2D eigenvalue weighted by molar-refractivity contribution is -0.141. The van der Waals surface area contributed by atoms with Crippen LogP contribution in [0.1, 0.15) is 4.88 Å². The molecular weight excluding hydrogens is 410 g/mol. The van der Waals surface area contributed by atoms with Crippen LogP contribution in [0.15, 0.2) is 45.6 Å². The van der Waals surface area contributed by atoms with Crippen molar-refractivity contribution in [1.82, 2.24) is 4.57 Å². The molecule has 0 atom stereocenters. The SMILES string of the molecule is COC(=O)Cn1c(=NC(=O)Cc2cccs2)sc2cc(S(N)(=O)=O)ccc21. The highest BCUT2D eigenvalue weighted by atomic mass is 32.2. The van der Waals surface area contributed by atoms with E-state index in [4.69, 9.17) is 9.88 Å². The number of nitrogens with two attached hydrogens (primary N) is 1. The normalized spacial score (nSPS) is 12.4. The number of thiophene rings is 1. The number of sulfonamides is 1. The molecule has 3 aromatic rings. The van der Waals surface area contributed by atoms with Gasteiger partial charge >= 0.3 is 5.97 Å². The molecule has 0 spiro atoms. The van der Waals surface area contributed by atoms with Crippen LogP contribution in [0.25, 0.3) is 10.2 Å². The number of fused-ring (bicyclic) bond motifs is 1. The van der Waals surface area contributed by atoms with E-state index in [2.05, 4.69) is 4.99 Å². The second-order valence-corrected chi connectivity index (χ2v) is 9.09. The van der Waals surface area contributed by atoms with E-state index in [-0.39, 0.29) is 28.6 Å². The highest BCUT2D eigenvalue weighted by Gasteiger charge is 2.15. The predicted octanol–water partition coefficient (Wildman–Crippen LogP) is 1.25. The van der Waals surface area contributed by atoms with E-state index in [1.807, 2.05) is 17.5 Å². The fourth-order valence-electron chi connectivity index (χ4n) is 2.37. The summed E-state index contributed by atoms with van der Waals surface area (Å²) in [5, 5.41) is 7.04. The fraction of sp³-hybridized carbons (Fsp3) is 0.188. The summed E-state index contributed by atoms with van der Waals surface area (Å²) in [5.41, 5.74) is 0.556. The Labute approximate surface area is 162 Å². The van der Waals surface area contributed by atoms with Gasteiger partial charge in [0.05, 0.1) is 28.6 Å². The number of rotatable bonds is 5. The highest BCUT2D eigenvalue weighted by molar-refractivity contribution is 7.89. The Kier molecular flexibility index (Phi) is 5.56. The van der Waals surface area contributed by atoms with Crippen molar-refractivity contribution in [1.29, 1.82) is 0 Å². The van der Waals surface area contributed by atoms with Crippen molar-refractivity contribution in [2.75, 3.05) is 7.11 Å². The van der Waals surface area contributed by atoms with E-state index in [0.717, 1.165) is 16.2 Å². The predicted molar refractivity (Wildman–Crippen MR) is 102 cm³/mol. The first kappa shape index (κ1) is 19.4. The Hall–Kier alpha value is -2.34. The van der Waals surface area contributed by atoms with E-state index in [0.29, 0.717) is 10.2 Å². The van der Waals surface area contributed by atoms with Crippen molar-refractivity contribution < 1.29 is 22.7 Å². The molecule has 2 heterocycles. The molecule has 8 nitrogen and oxygen atoms in total. The Balaban J connectivity index is 2.11. The van der Waals surface area contributed by atoms with Crippen molar-refractivity contribution >= 4 is 54.8 Å². The second-order valence-electron chi connectivity index (χ2n) is 5.48. The number of amides is 1. The highest BCUT2D eigenvalue weighted by Crippen LogP contribution is 2.21. The summed E-state index contributed by atoms with van der Waals surface area (Å²) in [6.07, 6.45) is 0.145. The van der Waals surface area contributed by atoms with E-state index < -0.39 is 16.0 Å². The molecule has 142 valence electrons. The zero-order valence-corrected chi connectivity index (χ0v) is 16.6. The number of aromatic nitrogens is 1. The second kappa shape index (κ2) is 7.72. The number of carbonyl (C=O) groups is 2. The van der Waals surface area contributed by atoms with Gasteiger partial charge in [-0.25, -0.2) is 13.6 Å². The van der Waals surface area contributed by atoms with E-state index >= 15 is 0 Å². The molecule has 0 bridgehead atoms. The van der Waals surface area contributed by atoms with E-state index in [1.165, 1.54) is 41.2 Å². The van der Waals surface area contributed by atoms with Crippen LogP contribution in [0, 0.1) is 0 Å². The number of esters is 1. The molecule has 0 aliphatic carbocycles. The number of nitrogens with zero attached hydrogens (tertiary/aromatic N) is 2. The molecule has 0 radical (unpaired) electrons. The van der Waals surface area contributed by atoms with Gasteiger partial charge in [0.15, 0.2) is 4.80 Å². The number of carbonyl (C=O) groups excluding carboxylic acids is 2. The number of thiazole rings is 1. The van der Waals surface area contributed by atoms with Crippen LogP contribution >= 0.6 is 22.7 Å². The molecule has 1 amide bonds. The molecular formula is C16H15N3O5S3. The van der Waals surface area contributed by atoms with Crippen molar-refractivity contribution in [2.24, 2.45) is 10.1 Å². The lowest BCUT2D eigenvalue weighted by Crippen LogP contribution is -2.22. The molecule has 1 aromatic carbocycles. The van der Waals surface area contributed by atoms with Gasteiger partial charge in [-0.2, -0.15) is 4.99 Å². The monoisotopic (exact) mass is 425 g/mol. The van der Waals surface area contributed by atoms with Crippen LogP contribution in [-0.2, 0) is 37.3 Å². The van der Waals surface area contributed by atoms with Crippen molar-refractivity contribution in [3.63, 3.8) is 0 Å². The zero-order chi connectivity index (χ0) is 19.6. The van der Waals surface area contributed by atoms with E-state index in [9.17, 15) is 18.0 Å². The molecule has 0 aliphatic heterocycles. The largest absolute Gasteiger partial charge is 0.468 e. The van der Waals surface area contributed by atoms with Crippen LogP contribution < -0.4 is 9.94 Å². The third-order valence-electron chi connectivity index (χ3n) is 3.62. The Morgan fingerprint density at radius 2 is 2.07 bits per heavy atom. The van der Waals surface area contributed by atoms with Crippen molar-refractivity contribution in [3.8, 4) is 0 Å². The van der Waals surface area contributed by atoms with Gasteiger partial charge < -0.3 is 9.30 Å². The Morgan fingerprint density at radius 1 is 1.30 bits per heavy atom. The van der Waals surface area contributed by atoms with Crippen molar-refractivity contribution in [2.45, 2.75) is 17.9 Å². The van der Waals surface area contributed by atoms with Gasteiger partial charge in [0.2, 0.25) is 10.0 Å². The summed E-state index contributed by atoms with van der Waals surface area (Å²) in [4.78, 5) is 29.3. The summed E-state index contributed by atoms with van der Waals surface area (Å²) >= 11 is 2.55. The number of primary sulfonamides is 1. The van der Waals surface area contributed by atoms with Gasteiger partial charge in [0, 0.05) is 4.88 Å². The van der Waals surface area contributed by atoms with Crippen LogP contribution in [-0.4, -0.2) is 32.0 Å². The van der Waals surface area contributed by atoms with Crippen LogP contribution in [0.5, 0.6) is 0 Å². The summed E-state index contributed by atoms with van der Waals surface area (Å²) < 4.78 is 29.9. The lowest BCUT2D eigenvalue weighted by Gasteiger charge is -2.04. The third-order valence-corrected chi connectivity index (χ3v) is 6.45. The molecule has 2 aromatic heterocycles. The van der Waals surface area contributed by atoms with Gasteiger partial charge in [-0.1, -0.05) is 17.4 Å². The van der Waals surface area contributed by atoms with Gasteiger partial charge in [0.25, 0.3) is 5.91 Å². The average molecular weight is 426 g/mol. The maximum absolute atomic E-state index is 12.3. The maximum atomic E-state index is 12.3.